The number of nitrogens with zero attached hydrogens (tertiary/aromatic N) is 4. The van der Waals surface area contributed by atoms with Crippen molar-refractivity contribution in [3.8, 4) is 0 Å². The van der Waals surface area contributed by atoms with Gasteiger partial charge < -0.3 is 15.0 Å². The van der Waals surface area contributed by atoms with Crippen molar-refractivity contribution in [2.75, 3.05) is 13.6 Å². The summed E-state index contributed by atoms with van der Waals surface area (Å²) in [6.07, 6.45) is 4.89. The number of fused-ring (bicyclic) bond motifs is 1. The van der Waals surface area contributed by atoms with Gasteiger partial charge in [-0.3, -0.25) is 4.99 Å². The third kappa shape index (κ3) is 4.33. The van der Waals surface area contributed by atoms with Gasteiger partial charge in [0.25, 0.3) is 0 Å². The smallest absolute Gasteiger partial charge is 0.191 e. The monoisotopic (exact) mass is 406 g/mol. The number of nitrogens with one attached hydrogen (secondary N) is 2. The fourth-order valence-electron chi connectivity index (χ4n) is 2.33. The molecule has 0 fully saturated rings. The molecule has 0 amide bonds. The molecule has 0 saturated carbocycles. The Bertz CT molecular complexity index is 853. The summed E-state index contributed by atoms with van der Waals surface area (Å²) in [5.41, 5.74) is 3.01. The molecule has 24 heavy (non-hydrogen) atoms. The van der Waals surface area contributed by atoms with Gasteiger partial charge in [0, 0.05) is 42.3 Å². The third-order valence-corrected chi connectivity index (χ3v) is 4.76. The van der Waals surface area contributed by atoms with Crippen LogP contribution in [0.4, 0.5) is 0 Å². The van der Waals surface area contributed by atoms with Crippen molar-refractivity contribution in [1.82, 2.24) is 25.0 Å². The Morgan fingerprint density at radius 1 is 1.25 bits per heavy atom. The van der Waals surface area contributed by atoms with Crippen LogP contribution in [-0.2, 0) is 13.0 Å². The Morgan fingerprint density at radius 3 is 2.88 bits per heavy atom. The highest BCUT2D eigenvalue weighted by atomic mass is 79.9. The van der Waals surface area contributed by atoms with Crippen LogP contribution >= 0.6 is 27.3 Å². The van der Waals surface area contributed by atoms with Crippen molar-refractivity contribution >= 4 is 38.9 Å². The number of aryl methyl sites for hydroxylation is 1. The van der Waals surface area contributed by atoms with E-state index in [1.807, 2.05) is 35.9 Å². The van der Waals surface area contributed by atoms with Gasteiger partial charge in [0.2, 0.25) is 0 Å². The van der Waals surface area contributed by atoms with E-state index in [4.69, 9.17) is 0 Å². The van der Waals surface area contributed by atoms with Crippen molar-refractivity contribution < 1.29 is 0 Å². The van der Waals surface area contributed by atoms with Gasteiger partial charge in [0.05, 0.1) is 22.9 Å². The van der Waals surface area contributed by atoms with Crippen LogP contribution in [0.2, 0.25) is 0 Å². The molecule has 0 aliphatic heterocycles. The predicted octanol–water partition coefficient (Wildman–Crippen LogP) is 2.77. The second kappa shape index (κ2) is 7.76. The van der Waals surface area contributed by atoms with E-state index in [-0.39, 0.29) is 0 Å². The van der Waals surface area contributed by atoms with Crippen LogP contribution in [0.15, 0.2) is 39.4 Å². The largest absolute Gasteiger partial charge is 0.356 e. The molecule has 3 aromatic heterocycles. The van der Waals surface area contributed by atoms with Gasteiger partial charge in [-0.25, -0.2) is 9.97 Å². The van der Waals surface area contributed by atoms with E-state index in [1.165, 1.54) is 0 Å². The minimum atomic E-state index is 0.620. The molecule has 3 heterocycles. The lowest BCUT2D eigenvalue weighted by atomic mass is 10.3. The number of aromatic nitrogens is 3. The van der Waals surface area contributed by atoms with E-state index < -0.39 is 0 Å². The van der Waals surface area contributed by atoms with Crippen LogP contribution < -0.4 is 10.6 Å². The van der Waals surface area contributed by atoms with Crippen molar-refractivity contribution in [3.05, 3.63) is 50.8 Å². The summed E-state index contributed by atoms with van der Waals surface area (Å²) in [4.78, 5) is 13.3. The zero-order valence-corrected chi connectivity index (χ0v) is 16.0. The lowest BCUT2D eigenvalue weighted by molar-refractivity contribution is 0.779. The van der Waals surface area contributed by atoms with Gasteiger partial charge in [-0.15, -0.1) is 11.3 Å². The molecular formula is C16H19BrN6S. The Hall–Kier alpha value is -1.93. The van der Waals surface area contributed by atoms with E-state index in [0.29, 0.717) is 6.54 Å². The maximum atomic E-state index is 4.58. The number of rotatable bonds is 5. The predicted molar refractivity (Wildman–Crippen MR) is 102 cm³/mol. The maximum Gasteiger partial charge on any atom is 0.191 e. The molecule has 0 unspecified atom stereocenters. The number of hydrogen-bond acceptors (Lipinski definition) is 4. The Morgan fingerprint density at radius 2 is 2.12 bits per heavy atom. The lowest BCUT2D eigenvalue weighted by Gasteiger charge is -2.10. The van der Waals surface area contributed by atoms with E-state index in [2.05, 4.69) is 46.9 Å². The Kier molecular flexibility index (Phi) is 5.47. The molecule has 3 rings (SSSR count). The summed E-state index contributed by atoms with van der Waals surface area (Å²) in [5, 5.41) is 9.79. The highest BCUT2D eigenvalue weighted by Gasteiger charge is 2.04. The molecule has 0 aromatic carbocycles. The van der Waals surface area contributed by atoms with Crippen molar-refractivity contribution in [3.63, 3.8) is 0 Å². The Labute approximate surface area is 153 Å². The van der Waals surface area contributed by atoms with E-state index >= 15 is 0 Å². The van der Waals surface area contributed by atoms with Gasteiger partial charge in [-0.1, -0.05) is 0 Å². The zero-order chi connectivity index (χ0) is 16.9. The van der Waals surface area contributed by atoms with Gasteiger partial charge in [0.15, 0.2) is 5.96 Å². The quantitative estimate of drug-likeness (QED) is 0.504. The number of aliphatic imine (C=N–C) groups is 1. The molecule has 3 aromatic rings. The number of hydrogen-bond donors (Lipinski definition) is 2. The molecule has 2 N–H and O–H groups in total. The SMILES string of the molecule is CN=C(NCCc1csc(C)n1)NCc1cn2cc(Br)ccc2n1. The molecular weight excluding hydrogens is 388 g/mol. The van der Waals surface area contributed by atoms with E-state index in [1.54, 1.807) is 18.4 Å². The summed E-state index contributed by atoms with van der Waals surface area (Å²) in [7, 11) is 1.77. The molecule has 0 aliphatic carbocycles. The summed E-state index contributed by atoms with van der Waals surface area (Å²) in [6.45, 7) is 3.44. The van der Waals surface area contributed by atoms with Crippen LogP contribution in [0.25, 0.3) is 5.65 Å². The third-order valence-electron chi connectivity index (χ3n) is 3.47. The number of thiazole rings is 1. The van der Waals surface area contributed by atoms with E-state index in [0.717, 1.165) is 45.4 Å². The van der Waals surface area contributed by atoms with Crippen LogP contribution in [0, 0.1) is 6.92 Å². The van der Waals surface area contributed by atoms with Gasteiger partial charge in [-0.05, 0) is 35.0 Å². The summed E-state index contributed by atoms with van der Waals surface area (Å²) in [5.74, 6) is 0.764. The minimum absolute atomic E-state index is 0.620. The second-order valence-corrected chi connectivity index (χ2v) is 7.28. The number of imidazole rings is 1. The molecule has 0 aliphatic rings. The Balaban J connectivity index is 1.51. The molecule has 0 saturated heterocycles. The number of pyridine rings is 1. The van der Waals surface area contributed by atoms with E-state index in [9.17, 15) is 0 Å². The fraction of sp³-hybridized carbons (Fsp3) is 0.312. The minimum Gasteiger partial charge on any atom is -0.356 e. The first-order chi connectivity index (χ1) is 11.6. The molecule has 6 nitrogen and oxygen atoms in total. The topological polar surface area (TPSA) is 66.6 Å². The summed E-state index contributed by atoms with van der Waals surface area (Å²) < 4.78 is 3.03. The van der Waals surface area contributed by atoms with Crippen LogP contribution in [0.1, 0.15) is 16.4 Å². The standard InChI is InChI=1S/C16H19BrN6S/c1-11-21-13(10-24-11)5-6-19-16(18-2)20-7-14-9-23-8-12(17)3-4-15(23)22-14/h3-4,8-10H,5-7H2,1-2H3,(H2,18,19,20). The number of guanidine groups is 1. The maximum absolute atomic E-state index is 4.58. The van der Waals surface area contributed by atoms with Gasteiger partial charge >= 0.3 is 0 Å². The second-order valence-electron chi connectivity index (χ2n) is 5.31. The highest BCUT2D eigenvalue weighted by Crippen LogP contribution is 2.12. The first-order valence-corrected chi connectivity index (χ1v) is 9.30. The molecule has 0 radical (unpaired) electrons. The molecule has 126 valence electrons. The van der Waals surface area contributed by atoms with Crippen molar-refractivity contribution in [1.29, 1.82) is 0 Å². The summed E-state index contributed by atoms with van der Waals surface area (Å²) in [6, 6.07) is 3.97. The fourth-order valence-corrected chi connectivity index (χ4v) is 3.33. The first-order valence-electron chi connectivity index (χ1n) is 7.62. The van der Waals surface area contributed by atoms with Crippen LogP contribution in [0.3, 0.4) is 0 Å². The molecule has 0 spiro atoms. The molecule has 0 bridgehead atoms. The first kappa shape index (κ1) is 16.9. The van der Waals surface area contributed by atoms with Crippen molar-refractivity contribution in [2.24, 2.45) is 4.99 Å². The van der Waals surface area contributed by atoms with Crippen molar-refractivity contribution in [2.45, 2.75) is 19.9 Å². The average Bonchev–Trinajstić information content (AvgIpc) is 3.16. The summed E-state index contributed by atoms with van der Waals surface area (Å²) >= 11 is 5.15. The van der Waals surface area contributed by atoms with Gasteiger partial charge in [0.1, 0.15) is 5.65 Å². The highest BCUT2D eigenvalue weighted by molar-refractivity contribution is 9.10. The lowest BCUT2D eigenvalue weighted by Crippen LogP contribution is -2.37. The van der Waals surface area contributed by atoms with Gasteiger partial charge in [-0.2, -0.15) is 0 Å². The molecule has 8 heteroatoms. The normalized spacial score (nSPS) is 11.9. The average molecular weight is 407 g/mol. The van der Waals surface area contributed by atoms with Crippen LogP contribution in [-0.4, -0.2) is 33.9 Å². The molecule has 0 atom stereocenters. The number of halogens is 1. The zero-order valence-electron chi connectivity index (χ0n) is 13.6. The van der Waals surface area contributed by atoms with Crippen LogP contribution in [0.5, 0.6) is 0 Å².